The summed E-state index contributed by atoms with van der Waals surface area (Å²) in [5.41, 5.74) is 4.26. The lowest BCUT2D eigenvalue weighted by Gasteiger charge is -2.09. The normalized spacial score (nSPS) is 10.3. The second kappa shape index (κ2) is 4.45. The molecule has 0 aliphatic heterocycles. The minimum Gasteiger partial charge on any atom is -0.287 e. The average Bonchev–Trinajstić information content (AvgIpc) is 2.28. The lowest BCUT2D eigenvalue weighted by atomic mass is 9.95. The summed E-state index contributed by atoms with van der Waals surface area (Å²) in [4.78, 5) is 20.3. The Morgan fingerprint density at radius 2 is 1.71 bits per heavy atom. The van der Waals surface area contributed by atoms with Crippen LogP contribution in [0.1, 0.15) is 32.7 Å². The summed E-state index contributed by atoms with van der Waals surface area (Å²) in [5.74, 6) is -0.0619. The average molecular weight is 226 g/mol. The Bertz CT molecular complexity index is 539. The Hall–Kier alpha value is -2.03. The van der Waals surface area contributed by atoms with Crippen LogP contribution in [-0.4, -0.2) is 15.8 Å². The monoisotopic (exact) mass is 226 g/mol. The molecule has 0 radical (unpaired) electrons. The van der Waals surface area contributed by atoms with E-state index in [-0.39, 0.29) is 5.78 Å². The lowest BCUT2D eigenvalue weighted by Crippen LogP contribution is -2.08. The van der Waals surface area contributed by atoms with Crippen molar-refractivity contribution in [3.63, 3.8) is 0 Å². The SMILES string of the molecule is Cc1cc(C)c(C(=O)c2cnccn2)c(C)c1. The van der Waals surface area contributed by atoms with E-state index in [0.717, 1.165) is 22.3 Å². The molecule has 0 aliphatic carbocycles. The van der Waals surface area contributed by atoms with E-state index in [0.29, 0.717) is 5.69 Å². The highest BCUT2D eigenvalue weighted by atomic mass is 16.1. The van der Waals surface area contributed by atoms with Gasteiger partial charge in [-0.1, -0.05) is 17.7 Å². The summed E-state index contributed by atoms with van der Waals surface area (Å²) in [6, 6.07) is 4.02. The van der Waals surface area contributed by atoms with Crippen molar-refractivity contribution in [3.05, 3.63) is 58.7 Å². The first-order valence-electron chi connectivity index (χ1n) is 5.48. The molecule has 17 heavy (non-hydrogen) atoms. The van der Waals surface area contributed by atoms with Gasteiger partial charge in [0.15, 0.2) is 0 Å². The van der Waals surface area contributed by atoms with Crippen LogP contribution in [0, 0.1) is 20.8 Å². The molecule has 1 aromatic carbocycles. The Kier molecular flexibility index (Phi) is 3.00. The third-order valence-corrected chi connectivity index (χ3v) is 2.70. The number of aryl methyl sites for hydroxylation is 3. The fraction of sp³-hybridized carbons (Fsp3) is 0.214. The molecule has 0 fully saturated rings. The maximum Gasteiger partial charge on any atom is 0.213 e. The second-order valence-corrected chi connectivity index (χ2v) is 4.19. The number of aromatic nitrogens is 2. The molecule has 0 spiro atoms. The first kappa shape index (κ1) is 11.5. The summed E-state index contributed by atoms with van der Waals surface area (Å²) in [6.07, 6.45) is 4.60. The molecule has 3 heteroatoms. The summed E-state index contributed by atoms with van der Waals surface area (Å²) >= 11 is 0. The number of benzene rings is 1. The number of hydrogen-bond donors (Lipinski definition) is 0. The van der Waals surface area contributed by atoms with Crippen molar-refractivity contribution < 1.29 is 4.79 Å². The molecule has 0 unspecified atom stereocenters. The van der Waals surface area contributed by atoms with E-state index in [4.69, 9.17) is 0 Å². The van der Waals surface area contributed by atoms with Crippen LogP contribution in [0.5, 0.6) is 0 Å². The molecule has 2 rings (SSSR count). The van der Waals surface area contributed by atoms with Crippen molar-refractivity contribution in [1.29, 1.82) is 0 Å². The van der Waals surface area contributed by atoms with Gasteiger partial charge in [0.05, 0.1) is 6.20 Å². The second-order valence-electron chi connectivity index (χ2n) is 4.19. The van der Waals surface area contributed by atoms with E-state index in [9.17, 15) is 4.79 Å². The highest BCUT2D eigenvalue weighted by Crippen LogP contribution is 2.19. The smallest absolute Gasteiger partial charge is 0.213 e. The Morgan fingerprint density at radius 1 is 1.06 bits per heavy atom. The molecule has 0 aliphatic rings. The van der Waals surface area contributed by atoms with Crippen LogP contribution in [-0.2, 0) is 0 Å². The number of carbonyl (C=O) groups is 1. The molecule has 2 aromatic rings. The Balaban J connectivity index is 2.52. The largest absolute Gasteiger partial charge is 0.287 e. The quantitative estimate of drug-likeness (QED) is 0.739. The molecule has 1 aromatic heterocycles. The van der Waals surface area contributed by atoms with E-state index >= 15 is 0 Å². The Labute approximate surface area is 101 Å². The van der Waals surface area contributed by atoms with Crippen molar-refractivity contribution in [3.8, 4) is 0 Å². The minimum absolute atomic E-state index is 0.0619. The van der Waals surface area contributed by atoms with Crippen molar-refractivity contribution in [1.82, 2.24) is 9.97 Å². The molecule has 0 saturated carbocycles. The highest BCUT2D eigenvalue weighted by Gasteiger charge is 2.15. The number of nitrogens with zero attached hydrogens (tertiary/aromatic N) is 2. The third-order valence-electron chi connectivity index (χ3n) is 2.70. The van der Waals surface area contributed by atoms with Gasteiger partial charge in [0.2, 0.25) is 5.78 Å². The van der Waals surface area contributed by atoms with Crippen molar-refractivity contribution in [2.24, 2.45) is 0 Å². The van der Waals surface area contributed by atoms with E-state index in [2.05, 4.69) is 9.97 Å². The molecule has 3 nitrogen and oxygen atoms in total. The van der Waals surface area contributed by atoms with Gasteiger partial charge in [-0.3, -0.25) is 9.78 Å². The summed E-state index contributed by atoms with van der Waals surface area (Å²) in [7, 11) is 0. The molecular formula is C14H14N2O. The standard InChI is InChI=1S/C14H14N2O/c1-9-6-10(2)13(11(3)7-9)14(17)12-8-15-4-5-16-12/h4-8H,1-3H3. The van der Waals surface area contributed by atoms with Crippen LogP contribution >= 0.6 is 0 Å². The zero-order valence-corrected chi connectivity index (χ0v) is 10.2. The third kappa shape index (κ3) is 2.23. The molecule has 0 bridgehead atoms. The van der Waals surface area contributed by atoms with Gasteiger partial charge < -0.3 is 0 Å². The molecule has 0 amide bonds. The van der Waals surface area contributed by atoms with Gasteiger partial charge in [-0.2, -0.15) is 0 Å². The number of rotatable bonds is 2. The van der Waals surface area contributed by atoms with Gasteiger partial charge in [0.25, 0.3) is 0 Å². The summed E-state index contributed by atoms with van der Waals surface area (Å²) in [5, 5.41) is 0. The first-order valence-corrected chi connectivity index (χ1v) is 5.48. The van der Waals surface area contributed by atoms with E-state index in [1.807, 2.05) is 32.9 Å². The van der Waals surface area contributed by atoms with Gasteiger partial charge in [0, 0.05) is 18.0 Å². The van der Waals surface area contributed by atoms with Gasteiger partial charge >= 0.3 is 0 Å². The summed E-state index contributed by atoms with van der Waals surface area (Å²) < 4.78 is 0. The zero-order chi connectivity index (χ0) is 12.4. The fourth-order valence-electron chi connectivity index (χ4n) is 2.08. The van der Waals surface area contributed by atoms with Gasteiger partial charge in [-0.15, -0.1) is 0 Å². The van der Waals surface area contributed by atoms with Gasteiger partial charge in [-0.25, -0.2) is 4.98 Å². The highest BCUT2D eigenvalue weighted by molar-refractivity contribution is 6.09. The van der Waals surface area contributed by atoms with E-state index in [1.165, 1.54) is 12.4 Å². The molecule has 0 atom stereocenters. The Morgan fingerprint density at radius 3 is 2.24 bits per heavy atom. The minimum atomic E-state index is -0.0619. The van der Waals surface area contributed by atoms with Gasteiger partial charge in [0.1, 0.15) is 5.69 Å². The van der Waals surface area contributed by atoms with E-state index in [1.54, 1.807) is 6.20 Å². The lowest BCUT2D eigenvalue weighted by molar-refractivity contribution is 0.103. The van der Waals surface area contributed by atoms with Crippen LogP contribution in [0.25, 0.3) is 0 Å². The maximum atomic E-state index is 12.3. The fourth-order valence-corrected chi connectivity index (χ4v) is 2.08. The van der Waals surface area contributed by atoms with Crippen molar-refractivity contribution in [2.75, 3.05) is 0 Å². The van der Waals surface area contributed by atoms with Crippen LogP contribution in [0.4, 0.5) is 0 Å². The number of ketones is 1. The number of carbonyl (C=O) groups excluding carboxylic acids is 1. The molecule has 0 N–H and O–H groups in total. The topological polar surface area (TPSA) is 42.9 Å². The van der Waals surface area contributed by atoms with Crippen LogP contribution in [0.15, 0.2) is 30.7 Å². The van der Waals surface area contributed by atoms with Crippen molar-refractivity contribution >= 4 is 5.78 Å². The molecule has 86 valence electrons. The molecule has 0 saturated heterocycles. The van der Waals surface area contributed by atoms with Crippen LogP contribution < -0.4 is 0 Å². The molecule has 1 heterocycles. The maximum absolute atomic E-state index is 12.3. The predicted octanol–water partition coefficient (Wildman–Crippen LogP) is 2.63. The van der Waals surface area contributed by atoms with Crippen LogP contribution in [0.2, 0.25) is 0 Å². The first-order chi connectivity index (χ1) is 8.09. The van der Waals surface area contributed by atoms with Crippen LogP contribution in [0.3, 0.4) is 0 Å². The summed E-state index contributed by atoms with van der Waals surface area (Å²) in [6.45, 7) is 5.92. The zero-order valence-electron chi connectivity index (χ0n) is 10.2. The van der Waals surface area contributed by atoms with Crippen molar-refractivity contribution in [2.45, 2.75) is 20.8 Å². The molecular weight excluding hydrogens is 212 g/mol. The predicted molar refractivity (Wildman–Crippen MR) is 66.1 cm³/mol. The van der Waals surface area contributed by atoms with Gasteiger partial charge in [-0.05, 0) is 31.9 Å². The van der Waals surface area contributed by atoms with E-state index < -0.39 is 0 Å². The number of hydrogen-bond acceptors (Lipinski definition) is 3.